The Labute approximate surface area is 121 Å². The lowest BCUT2D eigenvalue weighted by molar-refractivity contribution is 0.0697. The lowest BCUT2D eigenvalue weighted by atomic mass is 10.1. The first-order valence-corrected chi connectivity index (χ1v) is 6.37. The number of hydrogen-bond donors (Lipinski definition) is 2. The summed E-state index contributed by atoms with van der Waals surface area (Å²) in [5.74, 6) is -1.39. The minimum Gasteiger partial charge on any atom is -0.478 e. The zero-order valence-corrected chi connectivity index (χ0v) is 11.5. The van der Waals surface area contributed by atoms with E-state index in [9.17, 15) is 9.18 Å². The van der Waals surface area contributed by atoms with E-state index in [1.165, 1.54) is 24.3 Å². The Balaban J connectivity index is 2.23. The van der Waals surface area contributed by atoms with Crippen LogP contribution in [0.2, 0.25) is 5.02 Å². The van der Waals surface area contributed by atoms with Crippen molar-refractivity contribution in [3.63, 3.8) is 0 Å². The molecule has 0 aliphatic heterocycles. The van der Waals surface area contributed by atoms with Crippen molar-refractivity contribution < 1.29 is 14.3 Å². The van der Waals surface area contributed by atoms with Crippen LogP contribution in [0.25, 0.3) is 0 Å². The fraction of sp³-hybridized carbons (Fsp3) is 0.133. The summed E-state index contributed by atoms with van der Waals surface area (Å²) >= 11 is 5.94. The van der Waals surface area contributed by atoms with E-state index >= 15 is 0 Å². The van der Waals surface area contributed by atoms with Crippen molar-refractivity contribution in [2.75, 3.05) is 5.32 Å². The Morgan fingerprint density at radius 2 is 2.10 bits per heavy atom. The maximum atomic E-state index is 13.6. The Hall–Kier alpha value is -2.07. The van der Waals surface area contributed by atoms with Crippen LogP contribution in [-0.2, 0) is 6.54 Å². The summed E-state index contributed by atoms with van der Waals surface area (Å²) in [6.07, 6.45) is 0. The molecule has 0 saturated carbocycles. The second-order valence-electron chi connectivity index (χ2n) is 4.39. The smallest absolute Gasteiger partial charge is 0.335 e. The van der Waals surface area contributed by atoms with E-state index in [-0.39, 0.29) is 12.1 Å². The minimum atomic E-state index is -1.00. The van der Waals surface area contributed by atoms with Gasteiger partial charge in [0.1, 0.15) is 5.82 Å². The van der Waals surface area contributed by atoms with Crippen molar-refractivity contribution in [2.24, 2.45) is 0 Å². The molecule has 0 radical (unpaired) electrons. The summed E-state index contributed by atoms with van der Waals surface area (Å²) in [6, 6.07) is 9.24. The summed E-state index contributed by atoms with van der Waals surface area (Å²) in [4.78, 5) is 10.9. The van der Waals surface area contributed by atoms with E-state index < -0.39 is 11.8 Å². The monoisotopic (exact) mass is 293 g/mol. The van der Waals surface area contributed by atoms with Crippen molar-refractivity contribution in [2.45, 2.75) is 13.5 Å². The number of carboxylic acid groups (broad SMARTS) is 1. The number of benzene rings is 2. The van der Waals surface area contributed by atoms with E-state index in [1.54, 1.807) is 12.1 Å². The summed E-state index contributed by atoms with van der Waals surface area (Å²) < 4.78 is 13.6. The maximum Gasteiger partial charge on any atom is 0.335 e. The lowest BCUT2D eigenvalue weighted by Gasteiger charge is -2.12. The molecule has 0 unspecified atom stereocenters. The average molecular weight is 294 g/mol. The molecule has 2 N–H and O–H groups in total. The van der Waals surface area contributed by atoms with Crippen LogP contribution in [0.15, 0.2) is 36.4 Å². The van der Waals surface area contributed by atoms with E-state index in [2.05, 4.69) is 5.32 Å². The number of halogens is 2. The molecule has 0 bridgehead atoms. The summed E-state index contributed by atoms with van der Waals surface area (Å²) in [6.45, 7) is 2.03. The van der Waals surface area contributed by atoms with Gasteiger partial charge in [0.15, 0.2) is 0 Å². The first kappa shape index (κ1) is 14.3. The number of carboxylic acids is 1. The molecule has 104 valence electrons. The molecule has 0 aliphatic rings. The van der Waals surface area contributed by atoms with E-state index in [1.807, 2.05) is 6.92 Å². The van der Waals surface area contributed by atoms with Crippen LogP contribution >= 0.6 is 11.6 Å². The van der Waals surface area contributed by atoms with Gasteiger partial charge in [0.2, 0.25) is 0 Å². The molecule has 0 aromatic heterocycles. The predicted molar refractivity (Wildman–Crippen MR) is 76.9 cm³/mol. The van der Waals surface area contributed by atoms with Gasteiger partial charge in [0.05, 0.1) is 5.56 Å². The molecule has 5 heteroatoms. The average Bonchev–Trinajstić information content (AvgIpc) is 2.39. The van der Waals surface area contributed by atoms with Crippen LogP contribution in [-0.4, -0.2) is 11.1 Å². The molecule has 0 spiro atoms. The molecule has 0 amide bonds. The van der Waals surface area contributed by atoms with Crippen LogP contribution < -0.4 is 5.32 Å². The van der Waals surface area contributed by atoms with Gasteiger partial charge in [-0.2, -0.15) is 0 Å². The Bertz CT molecular complexity index is 638. The van der Waals surface area contributed by atoms with Crippen LogP contribution in [0.1, 0.15) is 21.5 Å². The Morgan fingerprint density at radius 3 is 2.75 bits per heavy atom. The van der Waals surface area contributed by atoms with Crippen molar-refractivity contribution >= 4 is 23.3 Å². The molecular weight excluding hydrogens is 281 g/mol. The topological polar surface area (TPSA) is 49.3 Å². The molecular formula is C15H13ClFNO2. The van der Waals surface area contributed by atoms with Gasteiger partial charge in [0, 0.05) is 22.8 Å². The molecule has 2 aromatic carbocycles. The van der Waals surface area contributed by atoms with Gasteiger partial charge in [0.25, 0.3) is 0 Å². The highest BCUT2D eigenvalue weighted by atomic mass is 35.5. The molecule has 3 nitrogen and oxygen atoms in total. The highest BCUT2D eigenvalue weighted by molar-refractivity contribution is 6.31. The molecule has 2 rings (SSSR count). The number of hydrogen-bond acceptors (Lipinski definition) is 2. The van der Waals surface area contributed by atoms with Crippen LogP contribution in [0.4, 0.5) is 10.1 Å². The number of aromatic carboxylic acids is 1. The highest BCUT2D eigenvalue weighted by Gasteiger charge is 2.09. The molecule has 0 atom stereocenters. The first-order valence-electron chi connectivity index (χ1n) is 5.99. The van der Waals surface area contributed by atoms with Gasteiger partial charge in [-0.3, -0.25) is 0 Å². The standard InChI is InChI=1S/C15H13ClFNO2/c1-9-5-6-10(15(19)20)7-14(9)18-8-11-12(16)3-2-4-13(11)17/h2-7,18H,8H2,1H3,(H,19,20). The number of anilines is 1. The zero-order valence-electron chi connectivity index (χ0n) is 10.8. The third-order valence-electron chi connectivity index (χ3n) is 3.00. The van der Waals surface area contributed by atoms with Crippen LogP contribution in [0.5, 0.6) is 0 Å². The fourth-order valence-electron chi connectivity index (χ4n) is 1.83. The summed E-state index contributed by atoms with van der Waals surface area (Å²) in [7, 11) is 0. The SMILES string of the molecule is Cc1ccc(C(=O)O)cc1NCc1c(F)cccc1Cl. The normalized spacial score (nSPS) is 10.3. The summed E-state index contributed by atoms with van der Waals surface area (Å²) in [5.41, 5.74) is 2.05. The van der Waals surface area contributed by atoms with E-state index in [4.69, 9.17) is 16.7 Å². The zero-order chi connectivity index (χ0) is 14.7. The van der Waals surface area contributed by atoms with Crippen molar-refractivity contribution in [1.82, 2.24) is 0 Å². The van der Waals surface area contributed by atoms with Crippen LogP contribution in [0.3, 0.4) is 0 Å². The van der Waals surface area contributed by atoms with Crippen molar-refractivity contribution in [1.29, 1.82) is 0 Å². The third-order valence-corrected chi connectivity index (χ3v) is 3.36. The second kappa shape index (κ2) is 5.92. The maximum absolute atomic E-state index is 13.6. The fourth-order valence-corrected chi connectivity index (χ4v) is 2.06. The summed E-state index contributed by atoms with van der Waals surface area (Å²) in [5, 5.41) is 12.3. The highest BCUT2D eigenvalue weighted by Crippen LogP contribution is 2.22. The van der Waals surface area contributed by atoms with E-state index in [0.29, 0.717) is 16.3 Å². The Morgan fingerprint density at radius 1 is 1.35 bits per heavy atom. The number of rotatable bonds is 4. The van der Waals surface area contributed by atoms with Crippen molar-refractivity contribution in [3.05, 3.63) is 63.9 Å². The lowest BCUT2D eigenvalue weighted by Crippen LogP contribution is -2.05. The predicted octanol–water partition coefficient (Wildman–Crippen LogP) is 4.10. The van der Waals surface area contributed by atoms with Gasteiger partial charge in [-0.05, 0) is 36.8 Å². The number of carbonyl (C=O) groups is 1. The van der Waals surface area contributed by atoms with Gasteiger partial charge in [-0.1, -0.05) is 23.7 Å². The first-order chi connectivity index (χ1) is 9.49. The number of aryl methyl sites for hydroxylation is 1. The van der Waals surface area contributed by atoms with Gasteiger partial charge in [-0.15, -0.1) is 0 Å². The third kappa shape index (κ3) is 3.08. The largest absolute Gasteiger partial charge is 0.478 e. The van der Waals surface area contributed by atoms with Gasteiger partial charge < -0.3 is 10.4 Å². The van der Waals surface area contributed by atoms with Gasteiger partial charge >= 0.3 is 5.97 Å². The van der Waals surface area contributed by atoms with E-state index in [0.717, 1.165) is 5.56 Å². The molecule has 0 aliphatic carbocycles. The number of nitrogens with one attached hydrogen (secondary N) is 1. The molecule has 2 aromatic rings. The molecule has 20 heavy (non-hydrogen) atoms. The molecule has 0 heterocycles. The second-order valence-corrected chi connectivity index (χ2v) is 4.80. The Kier molecular flexibility index (Phi) is 4.25. The molecule has 0 saturated heterocycles. The van der Waals surface area contributed by atoms with Gasteiger partial charge in [-0.25, -0.2) is 9.18 Å². The quantitative estimate of drug-likeness (QED) is 0.892. The molecule has 0 fully saturated rings. The van der Waals surface area contributed by atoms with Crippen LogP contribution in [0, 0.1) is 12.7 Å². The van der Waals surface area contributed by atoms with Crippen molar-refractivity contribution in [3.8, 4) is 0 Å². The minimum absolute atomic E-state index is 0.178.